The minimum absolute atomic E-state index is 0.0141. The van der Waals surface area contributed by atoms with E-state index < -0.39 is 10.0 Å². The quantitative estimate of drug-likeness (QED) is 0.742. The van der Waals surface area contributed by atoms with Crippen molar-refractivity contribution in [2.24, 2.45) is 4.99 Å². The predicted molar refractivity (Wildman–Crippen MR) is 105 cm³/mol. The molecule has 10 heteroatoms. The minimum atomic E-state index is -3.81. The van der Waals surface area contributed by atoms with Crippen molar-refractivity contribution in [3.63, 3.8) is 0 Å². The summed E-state index contributed by atoms with van der Waals surface area (Å²) in [6, 6.07) is 7.71. The summed E-state index contributed by atoms with van der Waals surface area (Å²) in [5.41, 5.74) is 1.20. The van der Waals surface area contributed by atoms with Crippen molar-refractivity contribution in [2.45, 2.75) is 11.8 Å². The highest BCUT2D eigenvalue weighted by Crippen LogP contribution is 2.25. The highest BCUT2D eigenvalue weighted by molar-refractivity contribution is 8.15. The molecule has 27 heavy (non-hydrogen) atoms. The van der Waals surface area contributed by atoms with Gasteiger partial charge in [0.1, 0.15) is 0 Å². The summed E-state index contributed by atoms with van der Waals surface area (Å²) in [6.45, 7) is 5.77. The van der Waals surface area contributed by atoms with Crippen molar-refractivity contribution < 1.29 is 13.2 Å². The summed E-state index contributed by atoms with van der Waals surface area (Å²) in [6.07, 6.45) is 3.11. The maximum atomic E-state index is 12.5. The number of anilines is 1. The Morgan fingerprint density at radius 1 is 1.33 bits per heavy atom. The van der Waals surface area contributed by atoms with E-state index in [1.54, 1.807) is 36.1 Å². The van der Waals surface area contributed by atoms with Crippen molar-refractivity contribution in [1.82, 2.24) is 14.9 Å². The second-order valence-corrected chi connectivity index (χ2v) is 8.22. The van der Waals surface area contributed by atoms with Crippen LogP contribution in [0.4, 0.5) is 11.6 Å². The lowest BCUT2D eigenvalue weighted by atomic mass is 10.3. The molecule has 0 bridgehead atoms. The summed E-state index contributed by atoms with van der Waals surface area (Å²) in [5, 5.41) is 0.571. The number of carbonyl (C=O) groups excluding carboxylic acids is 1. The Morgan fingerprint density at radius 3 is 2.74 bits per heavy atom. The van der Waals surface area contributed by atoms with Crippen molar-refractivity contribution in [2.75, 3.05) is 17.0 Å². The maximum Gasteiger partial charge on any atom is 0.264 e. The number of benzene rings is 1. The molecule has 1 aliphatic heterocycles. The lowest BCUT2D eigenvalue weighted by Crippen LogP contribution is -2.29. The van der Waals surface area contributed by atoms with Gasteiger partial charge in [-0.15, -0.1) is 6.58 Å². The number of hydrogen-bond acceptors (Lipinski definition) is 7. The lowest BCUT2D eigenvalue weighted by molar-refractivity contribution is -0.123. The molecule has 1 N–H and O–H groups in total. The molecular formula is C17H17N5O3S2. The zero-order chi connectivity index (χ0) is 19.4. The number of amidine groups is 1. The van der Waals surface area contributed by atoms with Gasteiger partial charge in [-0.2, -0.15) is 0 Å². The van der Waals surface area contributed by atoms with Crippen LogP contribution in [0.5, 0.6) is 0 Å². The molecule has 3 rings (SSSR count). The number of nitrogens with zero attached hydrogens (tertiary/aromatic N) is 4. The second-order valence-electron chi connectivity index (χ2n) is 5.60. The first-order chi connectivity index (χ1) is 12.9. The van der Waals surface area contributed by atoms with Crippen molar-refractivity contribution in [3.8, 4) is 0 Å². The molecule has 1 aliphatic rings. The lowest BCUT2D eigenvalue weighted by Gasteiger charge is -2.13. The Hall–Kier alpha value is -2.72. The van der Waals surface area contributed by atoms with Crippen LogP contribution in [0.1, 0.15) is 5.69 Å². The van der Waals surface area contributed by atoms with Crippen LogP contribution in [0.15, 0.2) is 59.1 Å². The van der Waals surface area contributed by atoms with Gasteiger partial charge in [-0.1, -0.05) is 17.8 Å². The fraction of sp³-hybridized carbons (Fsp3) is 0.176. The van der Waals surface area contributed by atoms with Crippen LogP contribution in [-0.2, 0) is 14.8 Å². The van der Waals surface area contributed by atoms with Gasteiger partial charge in [0.15, 0.2) is 5.17 Å². The van der Waals surface area contributed by atoms with E-state index in [1.165, 1.54) is 30.1 Å². The number of rotatable bonds is 6. The summed E-state index contributed by atoms with van der Waals surface area (Å²) in [7, 11) is -3.81. The van der Waals surface area contributed by atoms with Gasteiger partial charge in [-0.3, -0.25) is 9.69 Å². The molecule has 1 amide bonds. The van der Waals surface area contributed by atoms with Crippen LogP contribution in [0, 0.1) is 6.92 Å². The summed E-state index contributed by atoms with van der Waals surface area (Å²) in [4.78, 5) is 25.8. The predicted octanol–water partition coefficient (Wildman–Crippen LogP) is 2.33. The van der Waals surface area contributed by atoms with E-state index in [-0.39, 0.29) is 16.8 Å². The molecule has 0 aliphatic carbocycles. The molecule has 0 radical (unpaired) electrons. The Morgan fingerprint density at radius 2 is 2.07 bits per heavy atom. The first kappa shape index (κ1) is 19.1. The molecule has 8 nitrogen and oxygen atoms in total. The molecule has 2 aromatic rings. The molecule has 140 valence electrons. The molecule has 0 unspecified atom stereocenters. The van der Waals surface area contributed by atoms with Crippen molar-refractivity contribution >= 4 is 44.5 Å². The fourth-order valence-electron chi connectivity index (χ4n) is 2.28. The Bertz CT molecular complexity index is 1000. The van der Waals surface area contributed by atoms with Crippen molar-refractivity contribution in [3.05, 3.63) is 54.9 Å². The second kappa shape index (κ2) is 7.89. The smallest absolute Gasteiger partial charge is 0.264 e. The van der Waals surface area contributed by atoms with Gasteiger partial charge in [0.2, 0.25) is 11.9 Å². The number of carbonyl (C=O) groups is 1. The van der Waals surface area contributed by atoms with Gasteiger partial charge < -0.3 is 0 Å². The molecule has 0 spiro atoms. The summed E-state index contributed by atoms with van der Waals surface area (Å²) < 4.78 is 27.3. The number of aromatic nitrogens is 2. The van der Waals surface area contributed by atoms with E-state index in [4.69, 9.17) is 0 Å². The molecule has 0 saturated carbocycles. The summed E-state index contributed by atoms with van der Waals surface area (Å²) >= 11 is 1.34. The van der Waals surface area contributed by atoms with Crippen LogP contribution in [0.25, 0.3) is 0 Å². The average molecular weight is 403 g/mol. The van der Waals surface area contributed by atoms with Crippen molar-refractivity contribution in [1.29, 1.82) is 0 Å². The first-order valence-corrected chi connectivity index (χ1v) is 10.4. The van der Waals surface area contributed by atoms with E-state index in [0.717, 1.165) is 0 Å². The molecule has 1 aromatic carbocycles. The van der Waals surface area contributed by atoms with Gasteiger partial charge in [0, 0.05) is 18.4 Å². The Labute approximate surface area is 161 Å². The van der Waals surface area contributed by atoms with Crippen LogP contribution in [0.3, 0.4) is 0 Å². The third-order valence-corrected chi connectivity index (χ3v) is 5.87. The number of hydrogen-bond donors (Lipinski definition) is 1. The number of nitrogens with one attached hydrogen (secondary N) is 1. The fourth-order valence-corrected chi connectivity index (χ4v) is 4.14. The molecule has 2 heterocycles. The highest BCUT2D eigenvalue weighted by Gasteiger charge is 2.27. The van der Waals surface area contributed by atoms with Gasteiger partial charge in [0.05, 0.1) is 16.3 Å². The van der Waals surface area contributed by atoms with E-state index >= 15 is 0 Å². The largest absolute Gasteiger partial charge is 0.287 e. The SMILES string of the molecule is C=CCN1C(=O)CSC1=Nc1ccc(S(=O)(=O)Nc2nccc(C)n2)cc1. The zero-order valence-electron chi connectivity index (χ0n) is 14.5. The van der Waals surface area contributed by atoms with Crippen LogP contribution in [0.2, 0.25) is 0 Å². The molecule has 1 saturated heterocycles. The van der Waals surface area contributed by atoms with E-state index in [0.29, 0.717) is 28.8 Å². The van der Waals surface area contributed by atoms with Gasteiger partial charge in [-0.05, 0) is 37.3 Å². The number of amides is 1. The summed E-state index contributed by atoms with van der Waals surface area (Å²) in [5.74, 6) is 0.319. The molecule has 1 fully saturated rings. The average Bonchev–Trinajstić information content (AvgIpc) is 2.96. The van der Waals surface area contributed by atoms with Gasteiger partial charge in [0.25, 0.3) is 10.0 Å². The van der Waals surface area contributed by atoms with E-state index in [1.807, 2.05) is 0 Å². The number of aliphatic imine (C=N–C) groups is 1. The molecule has 0 atom stereocenters. The maximum absolute atomic E-state index is 12.5. The molecule has 1 aromatic heterocycles. The standard InChI is InChI=1S/C17H17N5O3S2/c1-3-10-22-15(23)11-26-17(22)20-13-4-6-14(7-5-13)27(24,25)21-16-18-9-8-12(2)19-16/h3-9H,1,10-11H2,2H3,(H,18,19,21). The third kappa shape index (κ3) is 4.52. The minimum Gasteiger partial charge on any atom is -0.287 e. The van der Waals surface area contributed by atoms with Crippen LogP contribution >= 0.6 is 11.8 Å². The number of sulfonamides is 1. The number of thioether (sulfide) groups is 1. The Balaban J connectivity index is 1.79. The van der Waals surface area contributed by atoms with E-state index in [9.17, 15) is 13.2 Å². The van der Waals surface area contributed by atoms with Gasteiger partial charge in [-0.25, -0.2) is 28.1 Å². The number of aryl methyl sites for hydroxylation is 1. The highest BCUT2D eigenvalue weighted by atomic mass is 32.2. The topological polar surface area (TPSA) is 105 Å². The zero-order valence-corrected chi connectivity index (χ0v) is 16.1. The third-order valence-electron chi connectivity index (χ3n) is 3.56. The Kier molecular flexibility index (Phi) is 5.57. The normalized spacial score (nSPS) is 16.0. The van der Waals surface area contributed by atoms with Gasteiger partial charge >= 0.3 is 0 Å². The monoisotopic (exact) mass is 403 g/mol. The van der Waals surface area contributed by atoms with E-state index in [2.05, 4.69) is 26.3 Å². The van der Waals surface area contributed by atoms with Crippen LogP contribution in [-0.4, -0.2) is 46.7 Å². The molecular weight excluding hydrogens is 386 g/mol. The van der Waals surface area contributed by atoms with Crippen LogP contribution < -0.4 is 4.72 Å². The first-order valence-electron chi connectivity index (χ1n) is 7.94.